The fraction of sp³-hybridized carbons (Fsp3) is 0.348. The second kappa shape index (κ2) is 7.90. The van der Waals surface area contributed by atoms with Gasteiger partial charge < -0.3 is 19.0 Å². The van der Waals surface area contributed by atoms with Crippen molar-refractivity contribution in [1.29, 1.82) is 0 Å². The molecule has 6 rings (SSSR count). The maximum absolute atomic E-state index is 6.03. The predicted molar refractivity (Wildman–Crippen MR) is 134 cm³/mol. The average molecular weight is 546 g/mol. The summed E-state index contributed by atoms with van der Waals surface area (Å²) in [6.07, 6.45) is 1.04. The Hall–Kier alpha value is -1.91. The zero-order valence-electron chi connectivity index (χ0n) is 17.3. The van der Waals surface area contributed by atoms with Crippen LogP contribution in [0.3, 0.4) is 0 Å². The van der Waals surface area contributed by atoms with Gasteiger partial charge in [0.1, 0.15) is 5.52 Å². The molecule has 0 N–H and O–H groups in total. The molecule has 0 radical (unpaired) electrons. The van der Waals surface area contributed by atoms with E-state index < -0.39 is 0 Å². The third kappa shape index (κ3) is 3.58. The van der Waals surface area contributed by atoms with E-state index in [0.717, 1.165) is 56.9 Å². The van der Waals surface area contributed by atoms with Crippen molar-refractivity contribution in [3.8, 4) is 0 Å². The average Bonchev–Trinajstić information content (AvgIpc) is 3.23. The molecule has 0 unspecified atom stereocenters. The molecular formula is C23H23IN4O2S. The minimum Gasteiger partial charge on any atom is -0.423 e. The van der Waals surface area contributed by atoms with E-state index in [0.29, 0.717) is 6.01 Å². The Bertz CT molecular complexity index is 1190. The van der Waals surface area contributed by atoms with Gasteiger partial charge in [0, 0.05) is 54.5 Å². The summed E-state index contributed by atoms with van der Waals surface area (Å²) in [5.74, 6) is 0. The zero-order valence-corrected chi connectivity index (χ0v) is 20.3. The maximum atomic E-state index is 6.03. The molecule has 0 amide bonds. The lowest BCUT2D eigenvalue weighted by Gasteiger charge is -2.38. The Balaban J connectivity index is 1.31. The first-order valence-electron chi connectivity index (χ1n) is 10.6. The molecule has 0 spiro atoms. The molecule has 31 heavy (non-hydrogen) atoms. The van der Waals surface area contributed by atoms with Crippen LogP contribution in [0.4, 0.5) is 11.7 Å². The Kier molecular flexibility index (Phi) is 5.03. The molecule has 6 nitrogen and oxygen atoms in total. The summed E-state index contributed by atoms with van der Waals surface area (Å²) < 4.78 is 13.8. The molecule has 4 heterocycles. The van der Waals surface area contributed by atoms with Gasteiger partial charge in [-0.3, -0.25) is 2.52 Å². The van der Waals surface area contributed by atoms with Crippen LogP contribution in [-0.2, 0) is 4.74 Å². The highest BCUT2D eigenvalue weighted by Gasteiger charge is 2.30. The predicted octanol–water partition coefficient (Wildman–Crippen LogP) is 5.27. The Labute approximate surface area is 199 Å². The maximum Gasteiger partial charge on any atom is 0.298 e. The van der Waals surface area contributed by atoms with Crippen LogP contribution in [0.5, 0.6) is 0 Å². The van der Waals surface area contributed by atoms with Crippen LogP contribution in [-0.4, -0.2) is 46.9 Å². The third-order valence-electron chi connectivity index (χ3n) is 6.17. The van der Waals surface area contributed by atoms with Gasteiger partial charge in [-0.25, -0.2) is 0 Å². The molecule has 0 bridgehead atoms. The van der Waals surface area contributed by atoms with Crippen molar-refractivity contribution in [1.82, 2.24) is 7.50 Å². The minimum absolute atomic E-state index is 0.702. The first-order valence-corrected chi connectivity index (χ1v) is 12.3. The summed E-state index contributed by atoms with van der Waals surface area (Å²) in [4.78, 5) is 10.7. The molecule has 0 saturated carbocycles. The van der Waals surface area contributed by atoms with Crippen LogP contribution in [0.1, 0.15) is 17.5 Å². The van der Waals surface area contributed by atoms with E-state index in [1.54, 1.807) is 0 Å². The van der Waals surface area contributed by atoms with E-state index >= 15 is 0 Å². The molecule has 0 aliphatic carbocycles. The summed E-state index contributed by atoms with van der Waals surface area (Å²) in [6, 6.07) is 13.9. The molecule has 1 saturated heterocycles. The number of morpholine rings is 1. The SMILES string of the molecule is Cc1ccc2c(c1)C1=C(CCN(c3ccc4oc(N5CCOCC5)nc4c3)C1)N(I)S2. The molecule has 1 aromatic heterocycles. The first-order chi connectivity index (χ1) is 15.2. The van der Waals surface area contributed by atoms with Gasteiger partial charge in [0.2, 0.25) is 0 Å². The Morgan fingerprint density at radius 3 is 2.77 bits per heavy atom. The van der Waals surface area contributed by atoms with E-state index in [1.807, 2.05) is 11.9 Å². The van der Waals surface area contributed by atoms with Gasteiger partial charge in [-0.15, -0.1) is 0 Å². The molecular weight excluding hydrogens is 523 g/mol. The van der Waals surface area contributed by atoms with E-state index in [-0.39, 0.29) is 0 Å². The number of anilines is 2. The lowest BCUT2D eigenvalue weighted by Crippen LogP contribution is -2.36. The molecule has 3 aliphatic heterocycles. The van der Waals surface area contributed by atoms with Gasteiger partial charge in [-0.1, -0.05) is 17.7 Å². The summed E-state index contributed by atoms with van der Waals surface area (Å²) in [5.41, 5.74) is 8.54. The summed E-state index contributed by atoms with van der Waals surface area (Å²) in [6.45, 7) is 7.18. The lowest BCUT2D eigenvalue weighted by molar-refractivity contribution is 0.120. The van der Waals surface area contributed by atoms with E-state index in [1.165, 1.54) is 33.0 Å². The van der Waals surface area contributed by atoms with Gasteiger partial charge in [0.25, 0.3) is 6.01 Å². The van der Waals surface area contributed by atoms with Crippen LogP contribution in [0.15, 0.2) is 51.4 Å². The van der Waals surface area contributed by atoms with Crippen molar-refractivity contribution in [2.24, 2.45) is 0 Å². The standard InChI is InChI=1S/C23H23IN4O2S/c1-15-2-5-22-17(12-15)18-14-27(7-6-20(18)28(24)31-22)16-3-4-21-19(13-16)25-23(30-21)26-8-10-29-11-9-26/h2-5,12-13H,6-11,14H2,1H3. The van der Waals surface area contributed by atoms with E-state index in [2.05, 4.69) is 78.5 Å². The summed E-state index contributed by atoms with van der Waals surface area (Å²) in [5, 5.41) is 0. The highest BCUT2D eigenvalue weighted by molar-refractivity contribution is 14.1. The molecule has 3 aliphatic rings. The number of nitrogens with zero attached hydrogens (tertiary/aromatic N) is 4. The number of hydrogen-bond donors (Lipinski definition) is 0. The fourth-order valence-corrected chi connectivity index (χ4v) is 6.56. The first kappa shape index (κ1) is 19.8. The number of oxazole rings is 1. The van der Waals surface area contributed by atoms with Gasteiger partial charge in [-0.2, -0.15) is 4.98 Å². The molecule has 1 fully saturated rings. The number of rotatable bonds is 2. The van der Waals surface area contributed by atoms with Crippen molar-refractivity contribution >= 4 is 63.2 Å². The second-order valence-corrected chi connectivity index (χ2v) is 10.8. The second-order valence-electron chi connectivity index (χ2n) is 8.18. The summed E-state index contributed by atoms with van der Waals surface area (Å²) in [7, 11) is 0. The van der Waals surface area contributed by atoms with Crippen molar-refractivity contribution in [2.75, 3.05) is 49.2 Å². The number of halogens is 1. The number of aryl methyl sites for hydroxylation is 1. The quantitative estimate of drug-likeness (QED) is 0.247. The number of benzene rings is 2. The summed E-state index contributed by atoms with van der Waals surface area (Å²) >= 11 is 4.27. The van der Waals surface area contributed by atoms with Crippen molar-refractivity contribution in [3.63, 3.8) is 0 Å². The largest absolute Gasteiger partial charge is 0.423 e. The molecule has 160 valence electrons. The van der Waals surface area contributed by atoms with Gasteiger partial charge in [0.05, 0.1) is 36.1 Å². The zero-order chi connectivity index (χ0) is 20.9. The fourth-order valence-electron chi connectivity index (χ4n) is 4.50. The number of ether oxygens (including phenoxy) is 1. The Morgan fingerprint density at radius 2 is 1.90 bits per heavy atom. The van der Waals surface area contributed by atoms with Gasteiger partial charge in [-0.05, 0) is 48.7 Å². The molecule has 0 atom stereocenters. The van der Waals surface area contributed by atoms with Crippen LogP contribution >= 0.6 is 34.8 Å². The molecule has 2 aromatic carbocycles. The number of hydrogen-bond acceptors (Lipinski definition) is 7. The third-order valence-corrected chi connectivity index (χ3v) is 8.28. The smallest absolute Gasteiger partial charge is 0.298 e. The van der Waals surface area contributed by atoms with Gasteiger partial charge in [0.15, 0.2) is 5.58 Å². The monoisotopic (exact) mass is 546 g/mol. The lowest BCUT2D eigenvalue weighted by atomic mass is 9.96. The van der Waals surface area contributed by atoms with Crippen molar-refractivity contribution in [3.05, 3.63) is 53.2 Å². The van der Waals surface area contributed by atoms with E-state index in [4.69, 9.17) is 14.1 Å². The molecule has 3 aromatic rings. The van der Waals surface area contributed by atoms with Crippen molar-refractivity contribution < 1.29 is 9.15 Å². The van der Waals surface area contributed by atoms with Crippen LogP contribution in [0.25, 0.3) is 16.7 Å². The number of fused-ring (bicyclic) bond motifs is 3. The van der Waals surface area contributed by atoms with E-state index in [9.17, 15) is 0 Å². The topological polar surface area (TPSA) is 45.0 Å². The highest BCUT2D eigenvalue weighted by atomic mass is 127. The Morgan fingerprint density at radius 1 is 1.03 bits per heavy atom. The van der Waals surface area contributed by atoms with Crippen LogP contribution in [0.2, 0.25) is 0 Å². The molecule has 8 heteroatoms. The minimum atomic E-state index is 0.702. The van der Waals surface area contributed by atoms with Gasteiger partial charge >= 0.3 is 0 Å². The highest BCUT2D eigenvalue weighted by Crippen LogP contribution is 2.46. The van der Waals surface area contributed by atoms with Crippen LogP contribution < -0.4 is 9.80 Å². The number of aromatic nitrogens is 1. The van der Waals surface area contributed by atoms with Crippen LogP contribution in [0, 0.1) is 6.92 Å². The normalized spacial score (nSPS) is 19.1. The van der Waals surface area contributed by atoms with Crippen molar-refractivity contribution in [2.45, 2.75) is 18.2 Å².